The predicted octanol–water partition coefficient (Wildman–Crippen LogP) is 4.40. The molecule has 0 unspecified atom stereocenters. The Morgan fingerprint density at radius 2 is 1.90 bits per heavy atom. The lowest BCUT2D eigenvalue weighted by Crippen LogP contribution is -2.43. The molecular formula is C24H24ClNO4S. The van der Waals surface area contributed by atoms with Crippen LogP contribution >= 0.6 is 11.6 Å². The second kappa shape index (κ2) is 8.89. The lowest BCUT2D eigenvalue weighted by Gasteiger charge is -2.29. The van der Waals surface area contributed by atoms with Crippen molar-refractivity contribution in [2.24, 2.45) is 0 Å². The van der Waals surface area contributed by atoms with Gasteiger partial charge in [0.15, 0.2) is 16.4 Å². The molecule has 0 N–H and O–H groups in total. The quantitative estimate of drug-likeness (QED) is 0.550. The van der Waals surface area contributed by atoms with Gasteiger partial charge in [0.1, 0.15) is 5.75 Å². The molecule has 0 radical (unpaired) electrons. The summed E-state index contributed by atoms with van der Waals surface area (Å²) in [5.74, 6) is 0.416. The van der Waals surface area contributed by atoms with Crippen molar-refractivity contribution in [3.63, 3.8) is 0 Å². The van der Waals surface area contributed by atoms with Crippen LogP contribution < -0.4 is 4.74 Å². The smallest absolute Gasteiger partial charge is 0.261 e. The summed E-state index contributed by atoms with van der Waals surface area (Å²) in [4.78, 5) is 14.8. The minimum absolute atomic E-state index is 0.0104. The Morgan fingerprint density at radius 3 is 2.65 bits per heavy atom. The van der Waals surface area contributed by atoms with Crippen molar-refractivity contribution in [1.29, 1.82) is 0 Å². The minimum Gasteiger partial charge on any atom is -0.484 e. The first-order valence-corrected chi connectivity index (χ1v) is 12.4. The van der Waals surface area contributed by atoms with Gasteiger partial charge in [0, 0.05) is 17.6 Å². The van der Waals surface area contributed by atoms with Gasteiger partial charge in [-0.1, -0.05) is 54.1 Å². The third-order valence-corrected chi connectivity index (χ3v) is 7.86. The minimum atomic E-state index is -3.14. The van der Waals surface area contributed by atoms with Crippen molar-refractivity contribution < 1.29 is 17.9 Å². The number of sulfone groups is 1. The molecule has 0 saturated carbocycles. The number of hydrogen-bond acceptors (Lipinski definition) is 4. The van der Waals surface area contributed by atoms with Crippen LogP contribution in [-0.2, 0) is 21.2 Å². The maximum Gasteiger partial charge on any atom is 0.261 e. The predicted molar refractivity (Wildman–Crippen MR) is 123 cm³/mol. The van der Waals surface area contributed by atoms with Crippen LogP contribution in [0.3, 0.4) is 0 Å². The molecule has 162 valence electrons. The average Bonchev–Trinajstić information content (AvgIpc) is 3.12. The molecule has 1 atom stereocenters. The van der Waals surface area contributed by atoms with E-state index < -0.39 is 9.84 Å². The highest BCUT2D eigenvalue weighted by Crippen LogP contribution is 2.25. The fourth-order valence-corrected chi connectivity index (χ4v) is 5.84. The molecule has 0 aromatic heterocycles. The van der Waals surface area contributed by atoms with Crippen molar-refractivity contribution in [2.75, 3.05) is 18.1 Å². The second-order valence-corrected chi connectivity index (χ2v) is 10.6. The maximum absolute atomic E-state index is 13.2. The van der Waals surface area contributed by atoms with Gasteiger partial charge in [0.25, 0.3) is 5.91 Å². The molecule has 0 aliphatic carbocycles. The van der Waals surface area contributed by atoms with Crippen LogP contribution in [0.1, 0.15) is 17.5 Å². The molecule has 1 heterocycles. The van der Waals surface area contributed by atoms with Crippen LogP contribution in [0.15, 0.2) is 60.7 Å². The summed E-state index contributed by atoms with van der Waals surface area (Å²) in [6.07, 6.45) is 0.443. The average molecular weight is 458 g/mol. The van der Waals surface area contributed by atoms with Crippen LogP contribution in [0.25, 0.3) is 10.8 Å². The van der Waals surface area contributed by atoms with Gasteiger partial charge in [0.2, 0.25) is 0 Å². The largest absolute Gasteiger partial charge is 0.484 e. The number of fused-ring (bicyclic) bond motifs is 1. The molecule has 0 bridgehead atoms. The molecule has 3 aromatic rings. The van der Waals surface area contributed by atoms with Gasteiger partial charge >= 0.3 is 0 Å². The Kier molecular flexibility index (Phi) is 6.21. The van der Waals surface area contributed by atoms with E-state index in [1.54, 1.807) is 23.1 Å². The molecule has 1 aliphatic heterocycles. The Bertz CT molecular complexity index is 1220. The zero-order valence-corrected chi connectivity index (χ0v) is 18.8. The molecule has 1 aliphatic rings. The standard InChI is InChI=1S/C24H24ClNO4S/c1-17-13-21(9-10-23(17)25)30-15-24(27)26(20-11-12-31(28,29)16-20)14-19-7-4-6-18-5-2-3-8-22(18)19/h2-10,13,20H,11-12,14-16H2,1H3/t20-/m1/s1. The van der Waals surface area contributed by atoms with Gasteiger partial charge in [0.05, 0.1) is 11.5 Å². The highest BCUT2D eigenvalue weighted by molar-refractivity contribution is 7.91. The first-order valence-electron chi connectivity index (χ1n) is 10.2. The molecule has 1 amide bonds. The molecule has 7 heteroatoms. The highest BCUT2D eigenvalue weighted by atomic mass is 35.5. The number of carbonyl (C=O) groups is 1. The number of carbonyl (C=O) groups excluding carboxylic acids is 1. The maximum atomic E-state index is 13.2. The molecule has 5 nitrogen and oxygen atoms in total. The summed E-state index contributed by atoms with van der Waals surface area (Å²) in [6, 6.07) is 18.8. The summed E-state index contributed by atoms with van der Waals surface area (Å²) >= 11 is 6.06. The van der Waals surface area contributed by atoms with E-state index in [4.69, 9.17) is 16.3 Å². The fraction of sp³-hybridized carbons (Fsp3) is 0.292. The van der Waals surface area contributed by atoms with Crippen LogP contribution in [-0.4, -0.2) is 43.4 Å². The van der Waals surface area contributed by atoms with E-state index in [0.717, 1.165) is 21.9 Å². The van der Waals surface area contributed by atoms with E-state index in [1.807, 2.05) is 49.4 Å². The number of aryl methyl sites for hydroxylation is 1. The number of amides is 1. The van der Waals surface area contributed by atoms with Gasteiger partial charge in [-0.2, -0.15) is 0 Å². The third-order valence-electron chi connectivity index (χ3n) is 5.68. The molecule has 1 saturated heterocycles. The molecule has 3 aromatic carbocycles. The first-order chi connectivity index (χ1) is 14.8. The van der Waals surface area contributed by atoms with E-state index in [1.165, 1.54) is 0 Å². The summed E-state index contributed by atoms with van der Waals surface area (Å²) in [7, 11) is -3.14. The van der Waals surface area contributed by atoms with Gasteiger partial charge in [-0.15, -0.1) is 0 Å². The number of nitrogens with zero attached hydrogens (tertiary/aromatic N) is 1. The first kappa shape index (κ1) is 21.7. The van der Waals surface area contributed by atoms with Gasteiger partial charge < -0.3 is 9.64 Å². The molecule has 4 rings (SSSR count). The normalized spacial score (nSPS) is 17.5. The lowest BCUT2D eigenvalue weighted by molar-refractivity contribution is -0.136. The topological polar surface area (TPSA) is 63.7 Å². The highest BCUT2D eigenvalue weighted by Gasteiger charge is 2.35. The fourth-order valence-electron chi connectivity index (χ4n) is 3.99. The summed E-state index contributed by atoms with van der Waals surface area (Å²) in [6.45, 7) is 2.04. The molecular weight excluding hydrogens is 434 g/mol. The van der Waals surface area contributed by atoms with Crippen molar-refractivity contribution >= 4 is 38.1 Å². The Labute approximate surface area is 187 Å². The van der Waals surface area contributed by atoms with E-state index in [9.17, 15) is 13.2 Å². The Hall–Kier alpha value is -2.57. The Balaban J connectivity index is 1.58. The van der Waals surface area contributed by atoms with E-state index in [-0.39, 0.29) is 30.1 Å². The SMILES string of the molecule is Cc1cc(OCC(=O)N(Cc2cccc3ccccc23)[C@@H]2CCS(=O)(=O)C2)ccc1Cl. The van der Waals surface area contributed by atoms with Gasteiger partial charge in [-0.3, -0.25) is 4.79 Å². The summed E-state index contributed by atoms with van der Waals surface area (Å²) in [5, 5.41) is 2.77. The van der Waals surface area contributed by atoms with Crippen molar-refractivity contribution in [1.82, 2.24) is 4.90 Å². The van der Waals surface area contributed by atoms with Crippen LogP contribution in [0.4, 0.5) is 0 Å². The summed E-state index contributed by atoms with van der Waals surface area (Å²) in [5.41, 5.74) is 1.85. The van der Waals surface area contributed by atoms with Crippen LogP contribution in [0.2, 0.25) is 5.02 Å². The van der Waals surface area contributed by atoms with Gasteiger partial charge in [-0.05, 0) is 53.4 Å². The number of halogens is 1. The van der Waals surface area contributed by atoms with E-state index >= 15 is 0 Å². The van der Waals surface area contributed by atoms with E-state index in [2.05, 4.69) is 0 Å². The number of rotatable bonds is 6. The van der Waals surface area contributed by atoms with Crippen LogP contribution in [0, 0.1) is 6.92 Å². The molecule has 31 heavy (non-hydrogen) atoms. The second-order valence-electron chi connectivity index (χ2n) is 7.92. The Morgan fingerprint density at radius 1 is 1.13 bits per heavy atom. The van der Waals surface area contributed by atoms with Crippen molar-refractivity contribution in [2.45, 2.75) is 25.9 Å². The van der Waals surface area contributed by atoms with E-state index in [0.29, 0.717) is 23.7 Å². The zero-order valence-electron chi connectivity index (χ0n) is 17.3. The third kappa shape index (κ3) is 5.02. The van der Waals surface area contributed by atoms with Gasteiger partial charge in [-0.25, -0.2) is 8.42 Å². The summed E-state index contributed by atoms with van der Waals surface area (Å²) < 4.78 is 29.9. The number of hydrogen-bond donors (Lipinski definition) is 0. The molecule has 1 fully saturated rings. The number of ether oxygens (including phenoxy) is 1. The van der Waals surface area contributed by atoms with Crippen molar-refractivity contribution in [3.05, 3.63) is 76.8 Å². The zero-order chi connectivity index (χ0) is 22.0. The monoisotopic (exact) mass is 457 g/mol. The van der Waals surface area contributed by atoms with Crippen LogP contribution in [0.5, 0.6) is 5.75 Å². The number of benzene rings is 3. The van der Waals surface area contributed by atoms with Crippen molar-refractivity contribution in [3.8, 4) is 5.75 Å². The molecule has 0 spiro atoms. The lowest BCUT2D eigenvalue weighted by atomic mass is 10.0.